The molecule has 0 bridgehead atoms. The van der Waals surface area contributed by atoms with Crippen LogP contribution in [0.5, 0.6) is 0 Å². The summed E-state index contributed by atoms with van der Waals surface area (Å²) in [7, 11) is 0. The van der Waals surface area contributed by atoms with E-state index in [4.69, 9.17) is 0 Å². The summed E-state index contributed by atoms with van der Waals surface area (Å²) in [5.41, 5.74) is 0.530. The lowest BCUT2D eigenvalue weighted by Gasteiger charge is -2.32. The maximum atomic E-state index is 12.6. The SMILES string of the molecule is CC(C)[C@H]1CCCCC(=O)N1C(=O)C(O)c1ccccc1. The molecule has 0 spiro atoms. The summed E-state index contributed by atoms with van der Waals surface area (Å²) in [4.78, 5) is 26.2. The minimum atomic E-state index is -1.27. The van der Waals surface area contributed by atoms with Crippen molar-refractivity contribution in [3.05, 3.63) is 35.9 Å². The first-order valence-electron chi connectivity index (χ1n) is 7.61. The van der Waals surface area contributed by atoms with Crippen molar-refractivity contribution in [2.75, 3.05) is 0 Å². The van der Waals surface area contributed by atoms with Crippen LogP contribution in [-0.4, -0.2) is 27.9 Å². The van der Waals surface area contributed by atoms with Crippen molar-refractivity contribution in [1.82, 2.24) is 4.90 Å². The van der Waals surface area contributed by atoms with Gasteiger partial charge in [0, 0.05) is 12.5 Å². The Kier molecular flexibility index (Phi) is 5.12. The number of carbonyl (C=O) groups excluding carboxylic acids is 2. The van der Waals surface area contributed by atoms with Crippen LogP contribution in [-0.2, 0) is 9.59 Å². The summed E-state index contributed by atoms with van der Waals surface area (Å²) in [5.74, 6) is -0.461. The number of carbonyl (C=O) groups is 2. The molecule has 0 aliphatic carbocycles. The smallest absolute Gasteiger partial charge is 0.262 e. The van der Waals surface area contributed by atoms with Crippen molar-refractivity contribution in [3.8, 4) is 0 Å². The van der Waals surface area contributed by atoms with Crippen LogP contribution in [0.4, 0.5) is 0 Å². The van der Waals surface area contributed by atoms with Crippen LogP contribution in [0.1, 0.15) is 51.2 Å². The number of amides is 2. The highest BCUT2D eigenvalue weighted by Crippen LogP contribution is 2.27. The molecule has 2 rings (SSSR count). The molecule has 21 heavy (non-hydrogen) atoms. The zero-order chi connectivity index (χ0) is 15.4. The van der Waals surface area contributed by atoms with Gasteiger partial charge in [-0.25, -0.2) is 0 Å². The van der Waals surface area contributed by atoms with E-state index in [9.17, 15) is 14.7 Å². The van der Waals surface area contributed by atoms with Crippen molar-refractivity contribution >= 4 is 11.8 Å². The molecule has 4 nitrogen and oxygen atoms in total. The van der Waals surface area contributed by atoms with Gasteiger partial charge in [0.2, 0.25) is 5.91 Å². The second kappa shape index (κ2) is 6.85. The summed E-state index contributed by atoms with van der Waals surface area (Å²) in [6.45, 7) is 4.02. The fourth-order valence-corrected chi connectivity index (χ4v) is 2.89. The molecular weight excluding hydrogens is 266 g/mol. The summed E-state index contributed by atoms with van der Waals surface area (Å²) in [6, 6.07) is 8.66. The van der Waals surface area contributed by atoms with E-state index in [0.717, 1.165) is 19.3 Å². The molecule has 1 saturated heterocycles. The van der Waals surface area contributed by atoms with E-state index in [0.29, 0.717) is 12.0 Å². The van der Waals surface area contributed by atoms with Gasteiger partial charge in [0.25, 0.3) is 5.91 Å². The molecule has 0 aromatic heterocycles. The summed E-state index contributed by atoms with van der Waals surface area (Å²) in [5, 5.41) is 10.3. The summed E-state index contributed by atoms with van der Waals surface area (Å²) >= 11 is 0. The number of nitrogens with zero attached hydrogens (tertiary/aromatic N) is 1. The molecular formula is C17H23NO3. The molecule has 2 atom stereocenters. The van der Waals surface area contributed by atoms with Crippen LogP contribution in [0.2, 0.25) is 0 Å². The van der Waals surface area contributed by atoms with E-state index in [-0.39, 0.29) is 17.9 Å². The number of aliphatic hydroxyl groups is 1. The molecule has 1 fully saturated rings. The number of rotatable bonds is 3. The molecule has 114 valence electrons. The summed E-state index contributed by atoms with van der Waals surface area (Å²) < 4.78 is 0. The number of benzene rings is 1. The third kappa shape index (κ3) is 3.50. The number of hydrogen-bond acceptors (Lipinski definition) is 3. The van der Waals surface area contributed by atoms with Crippen LogP contribution < -0.4 is 0 Å². The van der Waals surface area contributed by atoms with Crippen molar-refractivity contribution < 1.29 is 14.7 Å². The molecule has 1 aliphatic heterocycles. The van der Waals surface area contributed by atoms with Gasteiger partial charge in [-0.3, -0.25) is 14.5 Å². The van der Waals surface area contributed by atoms with Crippen LogP contribution >= 0.6 is 0 Å². The van der Waals surface area contributed by atoms with Crippen molar-refractivity contribution in [2.24, 2.45) is 5.92 Å². The van der Waals surface area contributed by atoms with Crippen molar-refractivity contribution in [2.45, 2.75) is 51.7 Å². The predicted molar refractivity (Wildman–Crippen MR) is 80.3 cm³/mol. The molecule has 1 N–H and O–H groups in total. The third-order valence-electron chi connectivity index (χ3n) is 4.10. The second-order valence-electron chi connectivity index (χ2n) is 5.97. The Labute approximate surface area is 125 Å². The van der Waals surface area contributed by atoms with E-state index in [1.54, 1.807) is 24.3 Å². The Bertz CT molecular complexity index is 498. The van der Waals surface area contributed by atoms with E-state index in [2.05, 4.69) is 0 Å². The second-order valence-corrected chi connectivity index (χ2v) is 5.97. The monoisotopic (exact) mass is 289 g/mol. The Morgan fingerprint density at radius 3 is 2.52 bits per heavy atom. The van der Waals surface area contributed by atoms with Gasteiger partial charge in [-0.15, -0.1) is 0 Å². The highest BCUT2D eigenvalue weighted by atomic mass is 16.3. The zero-order valence-electron chi connectivity index (χ0n) is 12.7. The average molecular weight is 289 g/mol. The maximum absolute atomic E-state index is 12.6. The lowest BCUT2D eigenvalue weighted by atomic mass is 9.97. The first kappa shape index (κ1) is 15.7. The molecule has 1 aliphatic rings. The van der Waals surface area contributed by atoms with E-state index >= 15 is 0 Å². The normalized spacial score (nSPS) is 21.2. The van der Waals surface area contributed by atoms with E-state index in [1.165, 1.54) is 4.90 Å². The standard InChI is InChI=1S/C17H23NO3/c1-12(2)14-10-6-7-11-15(19)18(14)17(21)16(20)13-8-4-3-5-9-13/h3-5,8-9,12,14,16,20H,6-7,10-11H2,1-2H3/t14-,16?/m1/s1. The van der Waals surface area contributed by atoms with Gasteiger partial charge in [0.15, 0.2) is 6.10 Å². The van der Waals surface area contributed by atoms with Crippen molar-refractivity contribution in [3.63, 3.8) is 0 Å². The van der Waals surface area contributed by atoms with Gasteiger partial charge >= 0.3 is 0 Å². The molecule has 2 amide bonds. The van der Waals surface area contributed by atoms with Crippen molar-refractivity contribution in [1.29, 1.82) is 0 Å². The van der Waals surface area contributed by atoms with E-state index < -0.39 is 12.0 Å². The third-order valence-corrected chi connectivity index (χ3v) is 4.10. The first-order chi connectivity index (χ1) is 10.0. The minimum Gasteiger partial charge on any atom is -0.378 e. The Morgan fingerprint density at radius 1 is 1.24 bits per heavy atom. The van der Waals surface area contributed by atoms with Crippen LogP contribution in [0.15, 0.2) is 30.3 Å². The lowest BCUT2D eigenvalue weighted by Crippen LogP contribution is -2.48. The van der Waals surface area contributed by atoms with Crippen LogP contribution in [0.3, 0.4) is 0 Å². The molecule has 1 aromatic carbocycles. The molecule has 1 aromatic rings. The number of likely N-dealkylation sites (tertiary alicyclic amines) is 1. The van der Waals surface area contributed by atoms with Gasteiger partial charge in [-0.1, -0.05) is 50.6 Å². The van der Waals surface area contributed by atoms with Gasteiger partial charge < -0.3 is 5.11 Å². The van der Waals surface area contributed by atoms with Crippen LogP contribution in [0.25, 0.3) is 0 Å². The molecule has 0 radical (unpaired) electrons. The van der Waals surface area contributed by atoms with Gasteiger partial charge in [-0.05, 0) is 24.3 Å². The van der Waals surface area contributed by atoms with Gasteiger partial charge in [0.05, 0.1) is 0 Å². The molecule has 1 unspecified atom stereocenters. The molecule has 4 heteroatoms. The van der Waals surface area contributed by atoms with Crippen LogP contribution in [0, 0.1) is 5.92 Å². The Balaban J connectivity index is 2.26. The zero-order valence-corrected chi connectivity index (χ0v) is 12.7. The predicted octanol–water partition coefficient (Wildman–Crippen LogP) is 2.67. The van der Waals surface area contributed by atoms with Gasteiger partial charge in [0.1, 0.15) is 0 Å². The highest BCUT2D eigenvalue weighted by Gasteiger charge is 2.36. The first-order valence-corrected chi connectivity index (χ1v) is 7.61. The van der Waals surface area contributed by atoms with Gasteiger partial charge in [-0.2, -0.15) is 0 Å². The maximum Gasteiger partial charge on any atom is 0.262 e. The highest BCUT2D eigenvalue weighted by molar-refractivity contribution is 5.98. The number of aliphatic hydroxyl groups excluding tert-OH is 1. The minimum absolute atomic E-state index is 0.120. The Morgan fingerprint density at radius 2 is 1.90 bits per heavy atom. The fourth-order valence-electron chi connectivity index (χ4n) is 2.89. The summed E-state index contributed by atoms with van der Waals surface area (Å²) in [6.07, 6.45) is 1.69. The average Bonchev–Trinajstić information content (AvgIpc) is 2.68. The lowest BCUT2D eigenvalue weighted by molar-refractivity contribution is -0.154. The quantitative estimate of drug-likeness (QED) is 0.930. The number of hydrogen-bond donors (Lipinski definition) is 1. The topological polar surface area (TPSA) is 57.6 Å². The number of imide groups is 1. The largest absolute Gasteiger partial charge is 0.378 e. The molecule has 1 heterocycles. The van der Waals surface area contributed by atoms with E-state index in [1.807, 2.05) is 19.9 Å². The molecule has 0 saturated carbocycles. The fraction of sp³-hybridized carbons (Fsp3) is 0.529. The Hall–Kier alpha value is -1.68.